The summed E-state index contributed by atoms with van der Waals surface area (Å²) in [5.74, 6) is 0. The summed E-state index contributed by atoms with van der Waals surface area (Å²) in [7, 11) is 0. The van der Waals surface area contributed by atoms with Crippen LogP contribution in [0.25, 0.3) is 11.1 Å². The number of hydrogen-bond donors (Lipinski definition) is 0. The molecule has 2 aromatic rings. The van der Waals surface area contributed by atoms with E-state index in [9.17, 15) is 0 Å². The molecule has 0 aliphatic heterocycles. The molecule has 0 radical (unpaired) electrons. The van der Waals surface area contributed by atoms with Crippen molar-refractivity contribution in [3.8, 4) is 0 Å². The zero-order chi connectivity index (χ0) is 17.5. The van der Waals surface area contributed by atoms with E-state index in [0.717, 1.165) is 0 Å². The fourth-order valence-electron chi connectivity index (χ4n) is 5.85. The molecular weight excluding hydrogens is 312 g/mol. The topological polar surface area (TPSA) is 0 Å². The monoisotopic (exact) mass is 340 g/mol. The molecule has 5 rings (SSSR count). The van der Waals surface area contributed by atoms with Crippen molar-refractivity contribution in [3.63, 3.8) is 0 Å². The van der Waals surface area contributed by atoms with Crippen molar-refractivity contribution in [2.24, 2.45) is 10.8 Å². The van der Waals surface area contributed by atoms with Crippen molar-refractivity contribution >= 4 is 11.1 Å². The second kappa shape index (κ2) is 6.27. The molecule has 26 heavy (non-hydrogen) atoms. The average Bonchev–Trinajstić information content (AvgIpc) is 2.74. The van der Waals surface area contributed by atoms with Crippen LogP contribution in [-0.4, -0.2) is 0 Å². The van der Waals surface area contributed by atoms with Gasteiger partial charge in [0.2, 0.25) is 0 Å². The van der Waals surface area contributed by atoms with Crippen molar-refractivity contribution in [2.45, 2.75) is 51.4 Å². The Morgan fingerprint density at radius 3 is 1.31 bits per heavy atom. The standard InChI is InChI=1S/C26H28/c1-3-9-21(10-4-1)23-13-7-15-25(19-23)17-18-26(25)16-8-14-24(20-26)22-11-5-2-6-12-22/h1-6,9-12,19-20H,7-8,13-18H2/t25-,26+. The molecule has 0 nitrogen and oxygen atoms in total. The van der Waals surface area contributed by atoms with Crippen LogP contribution in [0.1, 0.15) is 62.5 Å². The predicted molar refractivity (Wildman–Crippen MR) is 111 cm³/mol. The fourth-order valence-corrected chi connectivity index (χ4v) is 5.85. The highest BCUT2D eigenvalue weighted by atomic mass is 14.6. The minimum Gasteiger partial charge on any atom is -0.0736 e. The maximum absolute atomic E-state index is 2.71. The smallest absolute Gasteiger partial charge is 0.00206 e. The number of rotatable bonds is 2. The second-order valence-corrected chi connectivity index (χ2v) is 8.59. The molecule has 0 unspecified atom stereocenters. The third-order valence-corrected chi connectivity index (χ3v) is 7.34. The summed E-state index contributed by atoms with van der Waals surface area (Å²) in [5.41, 5.74) is 6.90. The fraction of sp³-hybridized carbons (Fsp3) is 0.385. The van der Waals surface area contributed by atoms with E-state index in [-0.39, 0.29) is 0 Å². The Labute approximate surface area is 157 Å². The molecule has 3 aliphatic rings. The maximum atomic E-state index is 2.71. The lowest BCUT2D eigenvalue weighted by Crippen LogP contribution is -2.50. The highest BCUT2D eigenvalue weighted by Gasteiger charge is 2.56. The largest absolute Gasteiger partial charge is 0.0736 e. The number of fused-ring (bicyclic) bond motifs is 1. The maximum Gasteiger partial charge on any atom is -0.00206 e. The average molecular weight is 341 g/mol. The summed E-state index contributed by atoms with van der Waals surface area (Å²) < 4.78 is 0. The SMILES string of the molecule is C1=C(c2ccccc2)CCC[C@]12CC[C@]21C=C(c2ccccc2)CCC1. The molecule has 0 heterocycles. The van der Waals surface area contributed by atoms with Crippen LogP contribution in [0.15, 0.2) is 72.8 Å². The first kappa shape index (κ1) is 16.1. The van der Waals surface area contributed by atoms with Gasteiger partial charge >= 0.3 is 0 Å². The van der Waals surface area contributed by atoms with Crippen LogP contribution < -0.4 is 0 Å². The van der Waals surface area contributed by atoms with Crippen molar-refractivity contribution in [2.75, 3.05) is 0 Å². The minimum absolute atomic E-state index is 0.414. The van der Waals surface area contributed by atoms with Crippen molar-refractivity contribution < 1.29 is 0 Å². The van der Waals surface area contributed by atoms with Crippen molar-refractivity contribution in [1.29, 1.82) is 0 Å². The summed E-state index contributed by atoms with van der Waals surface area (Å²) in [4.78, 5) is 0. The second-order valence-electron chi connectivity index (χ2n) is 8.59. The molecule has 0 heteroatoms. The molecule has 3 aliphatic carbocycles. The van der Waals surface area contributed by atoms with Gasteiger partial charge in [0, 0.05) is 0 Å². The molecule has 0 saturated heterocycles. The number of allylic oxidation sites excluding steroid dienone is 4. The van der Waals surface area contributed by atoms with Crippen molar-refractivity contribution in [1.82, 2.24) is 0 Å². The van der Waals surface area contributed by atoms with Gasteiger partial charge < -0.3 is 0 Å². The molecule has 0 aromatic heterocycles. The van der Waals surface area contributed by atoms with Gasteiger partial charge in [-0.1, -0.05) is 72.8 Å². The van der Waals surface area contributed by atoms with Gasteiger partial charge in [-0.2, -0.15) is 0 Å². The Balaban J connectivity index is 1.54. The molecule has 2 atom stereocenters. The van der Waals surface area contributed by atoms with Crippen molar-refractivity contribution in [3.05, 3.63) is 83.9 Å². The first-order chi connectivity index (χ1) is 12.8. The Morgan fingerprint density at radius 1 is 0.500 bits per heavy atom. The molecule has 2 aromatic carbocycles. The van der Waals surface area contributed by atoms with Gasteiger partial charge in [0.25, 0.3) is 0 Å². The quantitative estimate of drug-likeness (QED) is 0.538. The van der Waals surface area contributed by atoms with Gasteiger partial charge in [-0.25, -0.2) is 0 Å². The lowest BCUT2D eigenvalue weighted by molar-refractivity contribution is -0.0178. The van der Waals surface area contributed by atoms with E-state index in [4.69, 9.17) is 0 Å². The van der Waals surface area contributed by atoms with Gasteiger partial charge in [-0.05, 0) is 84.5 Å². The first-order valence-electron chi connectivity index (χ1n) is 10.3. The van der Waals surface area contributed by atoms with E-state index in [0.29, 0.717) is 10.8 Å². The summed E-state index contributed by atoms with van der Waals surface area (Å²) in [5, 5.41) is 0. The molecule has 132 valence electrons. The molecule has 0 N–H and O–H groups in total. The van der Waals surface area contributed by atoms with E-state index in [1.807, 2.05) is 0 Å². The van der Waals surface area contributed by atoms with E-state index in [1.54, 1.807) is 11.1 Å². The Kier molecular flexibility index (Phi) is 3.89. The Morgan fingerprint density at radius 2 is 0.923 bits per heavy atom. The van der Waals surface area contributed by atoms with E-state index >= 15 is 0 Å². The van der Waals surface area contributed by atoms with Crippen LogP contribution in [0.5, 0.6) is 0 Å². The summed E-state index contributed by atoms with van der Waals surface area (Å²) in [6.07, 6.45) is 16.1. The van der Waals surface area contributed by atoms with Crippen LogP contribution in [0, 0.1) is 10.8 Å². The first-order valence-corrected chi connectivity index (χ1v) is 10.3. The molecular formula is C26H28. The molecule has 0 amide bonds. The third-order valence-electron chi connectivity index (χ3n) is 7.34. The minimum atomic E-state index is 0.414. The third kappa shape index (κ3) is 2.50. The number of benzene rings is 2. The van der Waals surface area contributed by atoms with Crippen LogP contribution in [0.4, 0.5) is 0 Å². The van der Waals surface area contributed by atoms with Gasteiger partial charge in [0.05, 0.1) is 0 Å². The predicted octanol–water partition coefficient (Wildman–Crippen LogP) is 7.29. The molecule has 1 saturated carbocycles. The zero-order valence-corrected chi connectivity index (χ0v) is 15.6. The lowest BCUT2D eigenvalue weighted by Gasteiger charge is -2.61. The summed E-state index contributed by atoms with van der Waals surface area (Å²) >= 11 is 0. The summed E-state index contributed by atoms with van der Waals surface area (Å²) in [6, 6.07) is 22.2. The molecule has 2 spiro atoms. The van der Waals surface area contributed by atoms with Gasteiger partial charge in [-0.15, -0.1) is 0 Å². The Hall–Kier alpha value is -2.08. The van der Waals surface area contributed by atoms with Gasteiger partial charge in [-0.3, -0.25) is 0 Å². The summed E-state index contributed by atoms with van der Waals surface area (Å²) in [6.45, 7) is 0. The molecule has 0 bridgehead atoms. The van der Waals surface area contributed by atoms with E-state index < -0.39 is 0 Å². The van der Waals surface area contributed by atoms with Gasteiger partial charge in [0.1, 0.15) is 0 Å². The normalized spacial score (nSPS) is 30.6. The highest BCUT2D eigenvalue weighted by Crippen LogP contribution is 2.67. The van der Waals surface area contributed by atoms with E-state index in [1.165, 1.54) is 62.5 Å². The Bertz CT molecular complexity index is 769. The lowest BCUT2D eigenvalue weighted by atomic mass is 9.43. The molecule has 1 fully saturated rings. The number of hydrogen-bond acceptors (Lipinski definition) is 0. The van der Waals surface area contributed by atoms with Crippen LogP contribution in [-0.2, 0) is 0 Å². The van der Waals surface area contributed by atoms with E-state index in [2.05, 4.69) is 72.8 Å². The zero-order valence-electron chi connectivity index (χ0n) is 15.6. The van der Waals surface area contributed by atoms with Crippen LogP contribution in [0.3, 0.4) is 0 Å². The van der Waals surface area contributed by atoms with Crippen LogP contribution in [0.2, 0.25) is 0 Å². The van der Waals surface area contributed by atoms with Gasteiger partial charge in [0.15, 0.2) is 0 Å². The highest BCUT2D eigenvalue weighted by molar-refractivity contribution is 5.70. The van der Waals surface area contributed by atoms with Crippen LogP contribution >= 0.6 is 0 Å².